The van der Waals surface area contributed by atoms with E-state index in [4.69, 9.17) is 5.73 Å². The van der Waals surface area contributed by atoms with E-state index < -0.39 is 0 Å². The van der Waals surface area contributed by atoms with E-state index in [0.717, 1.165) is 18.4 Å². The first-order chi connectivity index (χ1) is 7.28. The number of likely N-dealkylation sites (tertiary alicyclic amines) is 1. The molecular weight excluding hydrogens is 184 g/mol. The molecule has 1 saturated heterocycles. The first-order valence-corrected chi connectivity index (χ1v) is 6.76. The molecule has 2 N–H and O–H groups in total. The van der Waals surface area contributed by atoms with E-state index in [2.05, 4.69) is 11.8 Å². The Morgan fingerprint density at radius 2 is 2.00 bits per heavy atom. The second-order valence-electron chi connectivity index (χ2n) is 5.65. The van der Waals surface area contributed by atoms with Gasteiger partial charge in [-0.2, -0.15) is 0 Å². The predicted molar refractivity (Wildman–Crippen MR) is 64.8 cm³/mol. The van der Waals surface area contributed by atoms with Crippen LogP contribution in [-0.4, -0.2) is 30.6 Å². The Balaban J connectivity index is 1.74. The summed E-state index contributed by atoms with van der Waals surface area (Å²) in [6, 6.07) is 0.444. The molecule has 1 aliphatic carbocycles. The summed E-state index contributed by atoms with van der Waals surface area (Å²) in [7, 11) is 0. The number of piperidine rings is 1. The van der Waals surface area contributed by atoms with Gasteiger partial charge in [-0.25, -0.2) is 0 Å². The van der Waals surface area contributed by atoms with Crippen LogP contribution in [0.1, 0.15) is 45.4 Å². The zero-order chi connectivity index (χ0) is 10.7. The van der Waals surface area contributed by atoms with Crippen molar-refractivity contribution in [3.05, 3.63) is 0 Å². The first-order valence-electron chi connectivity index (χ1n) is 6.76. The SMILES string of the molecule is CCCCN1CC(N)CC(CC2CC2)C1. The summed E-state index contributed by atoms with van der Waals surface area (Å²) >= 11 is 0. The van der Waals surface area contributed by atoms with Crippen LogP contribution in [0, 0.1) is 11.8 Å². The van der Waals surface area contributed by atoms with Crippen molar-refractivity contribution in [2.75, 3.05) is 19.6 Å². The average Bonchev–Trinajstić information content (AvgIpc) is 2.98. The number of nitrogens with zero attached hydrogens (tertiary/aromatic N) is 1. The first kappa shape index (κ1) is 11.4. The van der Waals surface area contributed by atoms with Crippen LogP contribution in [0.3, 0.4) is 0 Å². The van der Waals surface area contributed by atoms with Crippen molar-refractivity contribution in [3.63, 3.8) is 0 Å². The van der Waals surface area contributed by atoms with Gasteiger partial charge >= 0.3 is 0 Å². The summed E-state index contributed by atoms with van der Waals surface area (Å²) < 4.78 is 0. The zero-order valence-corrected chi connectivity index (χ0v) is 10.1. The summed E-state index contributed by atoms with van der Waals surface area (Å²) in [5.74, 6) is 1.96. The van der Waals surface area contributed by atoms with Crippen LogP contribution in [-0.2, 0) is 0 Å². The van der Waals surface area contributed by atoms with Crippen molar-refractivity contribution in [1.29, 1.82) is 0 Å². The average molecular weight is 210 g/mol. The number of hydrogen-bond donors (Lipinski definition) is 1. The van der Waals surface area contributed by atoms with Gasteiger partial charge in [0, 0.05) is 19.1 Å². The van der Waals surface area contributed by atoms with Crippen molar-refractivity contribution in [2.45, 2.75) is 51.5 Å². The van der Waals surface area contributed by atoms with E-state index in [1.54, 1.807) is 0 Å². The van der Waals surface area contributed by atoms with Gasteiger partial charge in [-0.05, 0) is 37.6 Å². The van der Waals surface area contributed by atoms with Crippen molar-refractivity contribution in [1.82, 2.24) is 4.90 Å². The number of hydrogen-bond acceptors (Lipinski definition) is 2. The molecule has 0 aromatic rings. The Hall–Kier alpha value is -0.0800. The molecule has 2 rings (SSSR count). The van der Waals surface area contributed by atoms with Gasteiger partial charge in [-0.1, -0.05) is 26.2 Å². The second-order valence-corrected chi connectivity index (χ2v) is 5.65. The summed E-state index contributed by atoms with van der Waals surface area (Å²) in [4.78, 5) is 2.60. The lowest BCUT2D eigenvalue weighted by Crippen LogP contribution is -2.47. The number of rotatable bonds is 5. The van der Waals surface area contributed by atoms with Crippen LogP contribution >= 0.6 is 0 Å². The highest BCUT2D eigenvalue weighted by Crippen LogP contribution is 2.37. The molecule has 2 unspecified atom stereocenters. The maximum absolute atomic E-state index is 6.14. The van der Waals surface area contributed by atoms with Crippen LogP contribution in [0.2, 0.25) is 0 Å². The minimum Gasteiger partial charge on any atom is -0.327 e. The van der Waals surface area contributed by atoms with Gasteiger partial charge in [0.25, 0.3) is 0 Å². The largest absolute Gasteiger partial charge is 0.327 e. The molecule has 88 valence electrons. The summed E-state index contributed by atoms with van der Waals surface area (Å²) in [6.07, 6.45) is 8.35. The molecule has 2 fully saturated rings. The van der Waals surface area contributed by atoms with Gasteiger partial charge in [0.15, 0.2) is 0 Å². The van der Waals surface area contributed by atoms with Crippen LogP contribution < -0.4 is 5.73 Å². The van der Waals surface area contributed by atoms with E-state index in [1.807, 2.05) is 0 Å². The van der Waals surface area contributed by atoms with Gasteiger partial charge in [-0.15, -0.1) is 0 Å². The van der Waals surface area contributed by atoms with Gasteiger partial charge in [0.05, 0.1) is 0 Å². The molecule has 0 amide bonds. The molecule has 0 radical (unpaired) electrons. The fourth-order valence-electron chi connectivity index (χ4n) is 2.91. The van der Waals surface area contributed by atoms with Gasteiger partial charge in [-0.3, -0.25) is 0 Å². The number of nitrogens with two attached hydrogens (primary N) is 1. The smallest absolute Gasteiger partial charge is 0.0170 e. The third kappa shape index (κ3) is 3.76. The zero-order valence-electron chi connectivity index (χ0n) is 10.1. The molecule has 1 aliphatic heterocycles. The van der Waals surface area contributed by atoms with Gasteiger partial charge in [0.2, 0.25) is 0 Å². The molecule has 2 heteroatoms. The minimum absolute atomic E-state index is 0.444. The van der Waals surface area contributed by atoms with Crippen molar-refractivity contribution in [2.24, 2.45) is 17.6 Å². The fourth-order valence-corrected chi connectivity index (χ4v) is 2.91. The van der Waals surface area contributed by atoms with E-state index in [0.29, 0.717) is 6.04 Å². The molecule has 0 aromatic heterocycles. The van der Waals surface area contributed by atoms with E-state index in [-0.39, 0.29) is 0 Å². The fraction of sp³-hybridized carbons (Fsp3) is 1.00. The van der Waals surface area contributed by atoms with E-state index >= 15 is 0 Å². The maximum atomic E-state index is 6.14. The van der Waals surface area contributed by atoms with Crippen LogP contribution in [0.25, 0.3) is 0 Å². The van der Waals surface area contributed by atoms with Crippen molar-refractivity contribution < 1.29 is 0 Å². The molecule has 15 heavy (non-hydrogen) atoms. The monoisotopic (exact) mass is 210 g/mol. The quantitative estimate of drug-likeness (QED) is 0.754. The summed E-state index contributed by atoms with van der Waals surface area (Å²) in [6.45, 7) is 6.00. The molecular formula is C13H26N2. The molecule has 1 saturated carbocycles. The highest BCUT2D eigenvalue weighted by molar-refractivity contribution is 4.85. The Labute approximate surface area is 94.2 Å². The Morgan fingerprint density at radius 1 is 1.20 bits per heavy atom. The van der Waals surface area contributed by atoms with Gasteiger partial charge < -0.3 is 10.6 Å². The molecule has 0 bridgehead atoms. The lowest BCUT2D eigenvalue weighted by atomic mass is 9.90. The van der Waals surface area contributed by atoms with Crippen molar-refractivity contribution >= 4 is 0 Å². The van der Waals surface area contributed by atoms with Crippen LogP contribution in [0.4, 0.5) is 0 Å². The maximum Gasteiger partial charge on any atom is 0.0170 e. The topological polar surface area (TPSA) is 29.3 Å². The summed E-state index contributed by atoms with van der Waals surface area (Å²) in [5, 5.41) is 0. The standard InChI is InChI=1S/C13H26N2/c1-2-3-6-15-9-12(7-11-4-5-11)8-13(14)10-15/h11-13H,2-10,14H2,1H3. The Kier molecular flexibility index (Phi) is 4.04. The second kappa shape index (κ2) is 5.31. The molecule has 2 atom stereocenters. The molecule has 0 spiro atoms. The molecule has 0 aromatic carbocycles. The molecule has 2 aliphatic rings. The van der Waals surface area contributed by atoms with Crippen molar-refractivity contribution in [3.8, 4) is 0 Å². The Bertz CT molecular complexity index is 187. The number of unbranched alkanes of at least 4 members (excludes halogenated alkanes) is 1. The highest BCUT2D eigenvalue weighted by atomic mass is 15.1. The minimum atomic E-state index is 0.444. The molecule has 2 nitrogen and oxygen atoms in total. The lowest BCUT2D eigenvalue weighted by Gasteiger charge is -2.36. The van der Waals surface area contributed by atoms with Gasteiger partial charge in [0.1, 0.15) is 0 Å². The van der Waals surface area contributed by atoms with E-state index in [9.17, 15) is 0 Å². The highest BCUT2D eigenvalue weighted by Gasteiger charge is 2.30. The predicted octanol–water partition coefficient (Wildman–Crippen LogP) is 2.24. The Morgan fingerprint density at radius 3 is 2.67 bits per heavy atom. The normalized spacial score (nSPS) is 33.2. The van der Waals surface area contributed by atoms with Crippen LogP contribution in [0.5, 0.6) is 0 Å². The summed E-state index contributed by atoms with van der Waals surface area (Å²) in [5.41, 5.74) is 6.14. The van der Waals surface area contributed by atoms with E-state index in [1.165, 1.54) is 51.6 Å². The third-order valence-corrected chi connectivity index (χ3v) is 3.84. The molecule has 1 heterocycles. The third-order valence-electron chi connectivity index (χ3n) is 3.84. The van der Waals surface area contributed by atoms with Crippen LogP contribution in [0.15, 0.2) is 0 Å². The lowest BCUT2D eigenvalue weighted by molar-refractivity contribution is 0.146.